The van der Waals surface area contributed by atoms with Gasteiger partial charge < -0.3 is 0 Å². The highest BCUT2D eigenvalue weighted by Gasteiger charge is 2.15. The minimum atomic E-state index is -0.899. The Morgan fingerprint density at radius 1 is 0.682 bits per heavy atom. The van der Waals surface area contributed by atoms with Gasteiger partial charge in [0.2, 0.25) is 0 Å². The largest absolute Gasteiger partial charge is 0.251 e. The molecule has 0 saturated heterocycles. The SMILES string of the molecule is FCCCCCc1cc(F)c(-c2cc(F)cc(F)c2)c(F)c1. The lowest BCUT2D eigenvalue weighted by atomic mass is 9.99. The van der Waals surface area contributed by atoms with E-state index in [0.29, 0.717) is 37.3 Å². The Kier molecular flexibility index (Phi) is 5.52. The van der Waals surface area contributed by atoms with Gasteiger partial charge in [-0.3, -0.25) is 4.39 Å². The van der Waals surface area contributed by atoms with Crippen LogP contribution in [-0.4, -0.2) is 6.67 Å². The number of aryl methyl sites for hydroxylation is 1. The van der Waals surface area contributed by atoms with Crippen LogP contribution in [0, 0.1) is 23.3 Å². The van der Waals surface area contributed by atoms with Gasteiger partial charge >= 0.3 is 0 Å². The van der Waals surface area contributed by atoms with E-state index in [2.05, 4.69) is 0 Å². The Balaban J connectivity index is 2.26. The quantitative estimate of drug-likeness (QED) is 0.481. The van der Waals surface area contributed by atoms with Crippen LogP contribution in [0.2, 0.25) is 0 Å². The zero-order valence-corrected chi connectivity index (χ0v) is 11.8. The topological polar surface area (TPSA) is 0 Å². The Labute approximate surface area is 125 Å². The van der Waals surface area contributed by atoms with Crippen molar-refractivity contribution in [3.8, 4) is 11.1 Å². The zero-order chi connectivity index (χ0) is 16.1. The van der Waals surface area contributed by atoms with E-state index in [4.69, 9.17) is 0 Å². The van der Waals surface area contributed by atoms with Crippen molar-refractivity contribution in [2.75, 3.05) is 6.67 Å². The summed E-state index contributed by atoms with van der Waals surface area (Å²) in [5, 5.41) is 0. The average Bonchev–Trinajstić information content (AvgIpc) is 2.42. The number of unbranched alkanes of at least 4 members (excludes halogenated alkanes) is 2. The molecule has 0 unspecified atom stereocenters. The summed E-state index contributed by atoms with van der Waals surface area (Å²) in [7, 11) is 0. The van der Waals surface area contributed by atoms with Gasteiger partial charge in [-0.05, 0) is 54.7 Å². The molecule has 22 heavy (non-hydrogen) atoms. The summed E-state index contributed by atoms with van der Waals surface area (Å²) in [6.07, 6.45) is 2.10. The molecule has 0 aliphatic rings. The summed E-state index contributed by atoms with van der Waals surface area (Å²) in [5.41, 5.74) is -0.197. The van der Waals surface area contributed by atoms with E-state index in [-0.39, 0.29) is 5.56 Å². The van der Waals surface area contributed by atoms with Crippen LogP contribution >= 0.6 is 0 Å². The predicted octanol–water partition coefficient (Wildman–Crippen LogP) is 5.59. The molecule has 2 aromatic rings. The third-order valence-corrected chi connectivity index (χ3v) is 3.35. The van der Waals surface area contributed by atoms with Gasteiger partial charge in [0.25, 0.3) is 0 Å². The number of hydrogen-bond acceptors (Lipinski definition) is 0. The monoisotopic (exact) mass is 314 g/mol. The van der Waals surface area contributed by atoms with Crippen LogP contribution in [0.3, 0.4) is 0 Å². The minimum Gasteiger partial charge on any atom is -0.251 e. The van der Waals surface area contributed by atoms with Gasteiger partial charge in [0.1, 0.15) is 23.3 Å². The molecule has 0 amide bonds. The second kappa shape index (κ2) is 7.38. The molecular weight excluding hydrogens is 299 g/mol. The third-order valence-electron chi connectivity index (χ3n) is 3.35. The predicted molar refractivity (Wildman–Crippen MR) is 75.2 cm³/mol. The minimum absolute atomic E-state index is 0.184. The van der Waals surface area contributed by atoms with E-state index < -0.39 is 35.5 Å². The average molecular weight is 314 g/mol. The van der Waals surface area contributed by atoms with E-state index in [9.17, 15) is 22.0 Å². The molecule has 2 rings (SSSR count). The van der Waals surface area contributed by atoms with Crippen molar-refractivity contribution in [2.45, 2.75) is 25.7 Å². The number of benzene rings is 2. The Hall–Kier alpha value is -1.91. The maximum atomic E-state index is 14.1. The summed E-state index contributed by atoms with van der Waals surface area (Å²) < 4.78 is 66.5. The highest BCUT2D eigenvalue weighted by Crippen LogP contribution is 2.29. The molecular formula is C17H15F5. The lowest BCUT2D eigenvalue weighted by molar-refractivity contribution is 0.456. The zero-order valence-electron chi connectivity index (χ0n) is 11.8. The van der Waals surface area contributed by atoms with Crippen molar-refractivity contribution in [1.82, 2.24) is 0 Å². The van der Waals surface area contributed by atoms with Gasteiger partial charge in [0.15, 0.2) is 0 Å². The van der Waals surface area contributed by atoms with Crippen molar-refractivity contribution in [3.63, 3.8) is 0 Å². The van der Waals surface area contributed by atoms with Crippen LogP contribution in [0.4, 0.5) is 22.0 Å². The molecule has 0 aliphatic carbocycles. The molecule has 0 saturated carbocycles. The summed E-state index contributed by atoms with van der Waals surface area (Å²) >= 11 is 0. The smallest absolute Gasteiger partial charge is 0.134 e. The van der Waals surface area contributed by atoms with Gasteiger partial charge in [-0.15, -0.1) is 0 Å². The first-order valence-electron chi connectivity index (χ1n) is 7.01. The molecule has 118 valence electrons. The third kappa shape index (κ3) is 4.06. The highest BCUT2D eigenvalue weighted by atomic mass is 19.1. The van der Waals surface area contributed by atoms with Gasteiger partial charge in [-0.2, -0.15) is 0 Å². The van der Waals surface area contributed by atoms with Crippen molar-refractivity contribution >= 4 is 0 Å². The highest BCUT2D eigenvalue weighted by molar-refractivity contribution is 5.65. The van der Waals surface area contributed by atoms with Crippen LogP contribution in [0.5, 0.6) is 0 Å². The molecule has 0 radical (unpaired) electrons. The Bertz CT molecular complexity index is 608. The van der Waals surface area contributed by atoms with Gasteiger partial charge in [-0.1, -0.05) is 6.42 Å². The Morgan fingerprint density at radius 3 is 1.82 bits per heavy atom. The second-order valence-corrected chi connectivity index (χ2v) is 5.09. The fourth-order valence-corrected chi connectivity index (χ4v) is 2.34. The molecule has 2 aromatic carbocycles. The maximum Gasteiger partial charge on any atom is 0.134 e. The molecule has 0 fully saturated rings. The number of halogens is 5. The van der Waals surface area contributed by atoms with Crippen molar-refractivity contribution in [1.29, 1.82) is 0 Å². The molecule has 0 aromatic heterocycles. The lowest BCUT2D eigenvalue weighted by Crippen LogP contribution is -1.96. The lowest BCUT2D eigenvalue weighted by Gasteiger charge is -2.09. The van der Waals surface area contributed by atoms with Crippen LogP contribution in [0.25, 0.3) is 11.1 Å². The second-order valence-electron chi connectivity index (χ2n) is 5.09. The molecule has 0 N–H and O–H groups in total. The van der Waals surface area contributed by atoms with Crippen molar-refractivity contribution in [2.24, 2.45) is 0 Å². The molecule has 0 atom stereocenters. The van der Waals surface area contributed by atoms with Crippen molar-refractivity contribution < 1.29 is 22.0 Å². The van der Waals surface area contributed by atoms with Gasteiger partial charge in [0, 0.05) is 6.07 Å². The number of rotatable bonds is 6. The molecule has 0 aliphatic heterocycles. The molecule has 0 nitrogen and oxygen atoms in total. The summed E-state index contributed by atoms with van der Waals surface area (Å²) in [5.74, 6) is -3.54. The Morgan fingerprint density at radius 2 is 1.27 bits per heavy atom. The van der Waals surface area contributed by atoms with Gasteiger partial charge in [0.05, 0.1) is 12.2 Å². The van der Waals surface area contributed by atoms with E-state index in [1.165, 1.54) is 0 Å². The van der Waals surface area contributed by atoms with Crippen molar-refractivity contribution in [3.05, 3.63) is 59.2 Å². The molecule has 5 heteroatoms. The molecule has 0 heterocycles. The molecule has 0 spiro atoms. The van der Waals surface area contributed by atoms with Crippen LogP contribution in [-0.2, 0) is 6.42 Å². The van der Waals surface area contributed by atoms with Gasteiger partial charge in [-0.25, -0.2) is 17.6 Å². The van der Waals surface area contributed by atoms with E-state index in [1.807, 2.05) is 0 Å². The van der Waals surface area contributed by atoms with Crippen LogP contribution in [0.1, 0.15) is 24.8 Å². The normalized spacial score (nSPS) is 11.0. The standard InChI is InChI=1S/C17H15F5/c18-5-3-1-2-4-11-6-15(21)17(16(22)7-11)12-8-13(19)10-14(20)9-12/h6-10H,1-5H2. The summed E-state index contributed by atoms with van der Waals surface area (Å²) in [6, 6.07) is 4.70. The van der Waals surface area contributed by atoms with E-state index in [1.54, 1.807) is 0 Å². The summed E-state index contributed by atoms with van der Waals surface area (Å²) in [6.45, 7) is -0.410. The first kappa shape index (κ1) is 16.5. The summed E-state index contributed by atoms with van der Waals surface area (Å²) in [4.78, 5) is 0. The maximum absolute atomic E-state index is 14.1. The fraction of sp³-hybridized carbons (Fsp3) is 0.294. The van der Waals surface area contributed by atoms with E-state index in [0.717, 1.165) is 24.3 Å². The number of alkyl halides is 1. The van der Waals surface area contributed by atoms with Crippen LogP contribution in [0.15, 0.2) is 30.3 Å². The first-order chi connectivity index (χ1) is 10.5. The first-order valence-corrected chi connectivity index (χ1v) is 7.01. The van der Waals surface area contributed by atoms with E-state index >= 15 is 0 Å². The number of hydrogen-bond donors (Lipinski definition) is 0. The molecule has 0 bridgehead atoms. The van der Waals surface area contributed by atoms with Crippen LogP contribution < -0.4 is 0 Å². The fourth-order valence-electron chi connectivity index (χ4n) is 2.34.